The fourth-order valence-corrected chi connectivity index (χ4v) is 1.63. The fraction of sp³-hybridized carbons (Fsp3) is 0.0625. The van der Waals surface area contributed by atoms with Gasteiger partial charge in [-0.05, 0) is 30.7 Å². The number of anilines is 1. The number of para-hydroxylation sites is 3. The van der Waals surface area contributed by atoms with Gasteiger partial charge in [-0.2, -0.15) is 15.6 Å². The first-order valence-corrected chi connectivity index (χ1v) is 6.21. The zero-order valence-electron chi connectivity index (χ0n) is 11.4. The third-order valence-electron chi connectivity index (χ3n) is 2.70. The number of rotatable bonds is 4. The van der Waals surface area contributed by atoms with E-state index in [0.29, 0.717) is 11.4 Å². The van der Waals surface area contributed by atoms with Gasteiger partial charge in [-0.3, -0.25) is 5.43 Å². The Morgan fingerprint density at radius 1 is 1.00 bits per heavy atom. The van der Waals surface area contributed by atoms with Crippen LogP contribution in [0.15, 0.2) is 53.6 Å². The third-order valence-corrected chi connectivity index (χ3v) is 2.70. The number of nitrogens with zero attached hydrogens (tertiary/aromatic N) is 3. The molecule has 0 saturated carbocycles. The highest BCUT2D eigenvalue weighted by atomic mass is 16.5. The van der Waals surface area contributed by atoms with Gasteiger partial charge >= 0.3 is 0 Å². The summed E-state index contributed by atoms with van der Waals surface area (Å²) in [6.45, 7) is 1.95. The molecule has 2 aromatic carbocycles. The molecular formula is C16H12N4O. The zero-order chi connectivity index (χ0) is 15.1. The minimum atomic E-state index is -0.249. The Morgan fingerprint density at radius 2 is 1.62 bits per heavy atom. The molecule has 0 aliphatic carbocycles. The van der Waals surface area contributed by atoms with Crippen molar-refractivity contribution in [2.75, 3.05) is 5.43 Å². The highest BCUT2D eigenvalue weighted by Crippen LogP contribution is 2.30. The molecule has 0 radical (unpaired) electrons. The van der Waals surface area contributed by atoms with Crippen LogP contribution in [0.25, 0.3) is 0 Å². The van der Waals surface area contributed by atoms with Gasteiger partial charge in [-0.25, -0.2) is 0 Å². The molecule has 0 heterocycles. The van der Waals surface area contributed by atoms with Crippen molar-refractivity contribution < 1.29 is 4.74 Å². The van der Waals surface area contributed by atoms with Crippen molar-refractivity contribution >= 4 is 11.4 Å². The molecular weight excluding hydrogens is 264 g/mol. The van der Waals surface area contributed by atoms with Crippen LogP contribution in [-0.2, 0) is 0 Å². The van der Waals surface area contributed by atoms with E-state index in [-0.39, 0.29) is 5.71 Å². The lowest BCUT2D eigenvalue weighted by Gasteiger charge is -2.12. The summed E-state index contributed by atoms with van der Waals surface area (Å²) in [7, 11) is 0. The van der Waals surface area contributed by atoms with E-state index in [4.69, 9.17) is 15.3 Å². The Balaban J connectivity index is 2.26. The molecule has 0 saturated heterocycles. The molecule has 102 valence electrons. The standard InChI is InChI=1S/C16H12N4O/c1-12-6-2-4-8-15(12)21-16-9-5-3-7-14(16)20-19-13(10-17)11-18/h2-9,20H,1H3. The van der Waals surface area contributed by atoms with Gasteiger partial charge in [-0.1, -0.05) is 30.3 Å². The van der Waals surface area contributed by atoms with E-state index in [9.17, 15) is 0 Å². The third kappa shape index (κ3) is 3.59. The minimum Gasteiger partial charge on any atom is -0.455 e. The maximum Gasteiger partial charge on any atom is 0.237 e. The second-order valence-corrected chi connectivity index (χ2v) is 4.16. The maximum atomic E-state index is 8.67. The molecule has 2 rings (SSSR count). The van der Waals surface area contributed by atoms with Gasteiger partial charge in [0.25, 0.3) is 0 Å². The Morgan fingerprint density at radius 3 is 2.29 bits per heavy atom. The Labute approximate surface area is 122 Å². The lowest BCUT2D eigenvalue weighted by molar-refractivity contribution is 0.480. The summed E-state index contributed by atoms with van der Waals surface area (Å²) < 4.78 is 5.84. The second-order valence-electron chi connectivity index (χ2n) is 4.16. The van der Waals surface area contributed by atoms with Crippen LogP contribution in [0, 0.1) is 29.6 Å². The lowest BCUT2D eigenvalue weighted by atomic mass is 10.2. The molecule has 5 heteroatoms. The number of benzene rings is 2. The first-order chi connectivity index (χ1) is 10.2. The topological polar surface area (TPSA) is 81.2 Å². The lowest BCUT2D eigenvalue weighted by Crippen LogP contribution is -1.98. The fourth-order valence-electron chi connectivity index (χ4n) is 1.63. The average molecular weight is 276 g/mol. The van der Waals surface area contributed by atoms with Crippen LogP contribution in [0.2, 0.25) is 0 Å². The van der Waals surface area contributed by atoms with E-state index in [1.807, 2.05) is 37.3 Å². The van der Waals surface area contributed by atoms with Gasteiger partial charge < -0.3 is 4.74 Å². The SMILES string of the molecule is Cc1ccccc1Oc1ccccc1NN=C(C#N)C#N. The summed E-state index contributed by atoms with van der Waals surface area (Å²) in [5.41, 5.74) is 4.00. The van der Waals surface area contributed by atoms with Crippen molar-refractivity contribution in [1.29, 1.82) is 10.5 Å². The van der Waals surface area contributed by atoms with E-state index in [1.54, 1.807) is 30.3 Å². The monoisotopic (exact) mass is 276 g/mol. The Kier molecular flexibility index (Phi) is 4.53. The number of nitrogens with one attached hydrogen (secondary N) is 1. The molecule has 0 amide bonds. The van der Waals surface area contributed by atoms with Gasteiger partial charge in [0, 0.05) is 0 Å². The molecule has 21 heavy (non-hydrogen) atoms. The summed E-state index contributed by atoms with van der Waals surface area (Å²) in [5.74, 6) is 1.29. The first-order valence-electron chi connectivity index (χ1n) is 6.21. The van der Waals surface area contributed by atoms with Crippen molar-refractivity contribution in [2.24, 2.45) is 5.10 Å². The zero-order valence-corrected chi connectivity index (χ0v) is 11.4. The summed E-state index contributed by atoms with van der Waals surface area (Å²) in [6, 6.07) is 18.2. The quantitative estimate of drug-likeness (QED) is 0.683. The number of hydrazone groups is 1. The van der Waals surface area contributed by atoms with Crippen molar-refractivity contribution in [3.05, 3.63) is 54.1 Å². The van der Waals surface area contributed by atoms with E-state index < -0.39 is 0 Å². The van der Waals surface area contributed by atoms with Crippen molar-refractivity contribution in [1.82, 2.24) is 0 Å². The van der Waals surface area contributed by atoms with E-state index in [1.165, 1.54) is 0 Å². The van der Waals surface area contributed by atoms with Gasteiger partial charge in [0.05, 0.1) is 5.69 Å². The van der Waals surface area contributed by atoms with E-state index in [0.717, 1.165) is 11.3 Å². The van der Waals surface area contributed by atoms with Crippen molar-refractivity contribution in [2.45, 2.75) is 6.92 Å². The largest absolute Gasteiger partial charge is 0.455 e. The van der Waals surface area contributed by atoms with Gasteiger partial charge in [-0.15, -0.1) is 0 Å². The summed E-state index contributed by atoms with van der Waals surface area (Å²) in [6.07, 6.45) is 0. The van der Waals surface area contributed by atoms with Crippen LogP contribution < -0.4 is 10.2 Å². The summed E-state index contributed by atoms with van der Waals surface area (Å²) >= 11 is 0. The predicted octanol–water partition coefficient (Wildman–Crippen LogP) is 3.60. The van der Waals surface area contributed by atoms with Crippen LogP contribution in [-0.4, -0.2) is 5.71 Å². The molecule has 5 nitrogen and oxygen atoms in total. The van der Waals surface area contributed by atoms with Gasteiger partial charge in [0.15, 0.2) is 5.75 Å². The average Bonchev–Trinajstić information content (AvgIpc) is 2.52. The molecule has 1 N–H and O–H groups in total. The number of ether oxygens (including phenoxy) is 1. The van der Waals surface area contributed by atoms with Crippen molar-refractivity contribution in [3.8, 4) is 23.6 Å². The minimum absolute atomic E-state index is 0.249. The molecule has 0 aliphatic heterocycles. The van der Waals surface area contributed by atoms with Crippen LogP contribution in [0.3, 0.4) is 0 Å². The molecule has 2 aromatic rings. The highest BCUT2D eigenvalue weighted by Gasteiger charge is 2.06. The molecule has 0 aromatic heterocycles. The summed E-state index contributed by atoms with van der Waals surface area (Å²) in [4.78, 5) is 0. The first kappa shape index (κ1) is 14.1. The molecule has 0 fully saturated rings. The second kappa shape index (κ2) is 6.74. The van der Waals surface area contributed by atoms with Crippen LogP contribution in [0.4, 0.5) is 5.69 Å². The predicted molar refractivity (Wildman–Crippen MR) is 80.0 cm³/mol. The Hall–Kier alpha value is -3.31. The van der Waals surface area contributed by atoms with Crippen LogP contribution in [0.5, 0.6) is 11.5 Å². The van der Waals surface area contributed by atoms with Crippen LogP contribution >= 0.6 is 0 Å². The van der Waals surface area contributed by atoms with E-state index in [2.05, 4.69) is 10.5 Å². The maximum absolute atomic E-state index is 8.67. The summed E-state index contributed by atoms with van der Waals surface area (Å²) in [5, 5.41) is 21.1. The molecule has 0 bridgehead atoms. The van der Waals surface area contributed by atoms with Crippen LogP contribution in [0.1, 0.15) is 5.56 Å². The van der Waals surface area contributed by atoms with Crippen molar-refractivity contribution in [3.63, 3.8) is 0 Å². The van der Waals surface area contributed by atoms with Gasteiger partial charge in [0.1, 0.15) is 17.9 Å². The molecule has 0 unspecified atom stereocenters. The van der Waals surface area contributed by atoms with E-state index >= 15 is 0 Å². The smallest absolute Gasteiger partial charge is 0.237 e. The highest BCUT2D eigenvalue weighted by molar-refractivity contribution is 6.10. The van der Waals surface area contributed by atoms with Gasteiger partial charge in [0.2, 0.25) is 5.71 Å². The number of hydrogen-bond acceptors (Lipinski definition) is 5. The number of hydrogen-bond donors (Lipinski definition) is 1. The molecule has 0 aliphatic rings. The number of nitriles is 2. The Bertz CT molecular complexity index is 737. The molecule has 0 atom stereocenters. The normalized spacial score (nSPS) is 9.10. The molecule has 0 spiro atoms. The number of aryl methyl sites for hydroxylation is 1.